The van der Waals surface area contributed by atoms with Crippen molar-refractivity contribution < 1.29 is 9.90 Å². The van der Waals surface area contributed by atoms with Crippen LogP contribution in [0.25, 0.3) is 0 Å². The first-order chi connectivity index (χ1) is 7.58. The lowest BCUT2D eigenvalue weighted by Gasteiger charge is -2.14. The van der Waals surface area contributed by atoms with Crippen molar-refractivity contribution in [1.29, 1.82) is 0 Å². The zero-order chi connectivity index (χ0) is 12.1. The Kier molecular flexibility index (Phi) is 4.77. The fraction of sp³-hybridized carbons (Fsp3) is 0.417. The number of rotatable bonds is 4. The van der Waals surface area contributed by atoms with Crippen LogP contribution in [0, 0.1) is 6.92 Å². The molecule has 0 aromatic heterocycles. The van der Waals surface area contributed by atoms with Gasteiger partial charge in [0.25, 0.3) is 5.91 Å². The molecule has 0 bridgehead atoms. The van der Waals surface area contributed by atoms with E-state index >= 15 is 0 Å². The molecule has 0 heterocycles. The molecule has 2 N–H and O–H groups in total. The van der Waals surface area contributed by atoms with Gasteiger partial charge in [-0.2, -0.15) is 0 Å². The molecule has 0 radical (unpaired) electrons. The first-order valence-electron chi connectivity index (χ1n) is 5.26. The Hall–Kier alpha value is -1.06. The molecule has 1 aromatic rings. The van der Waals surface area contributed by atoms with Gasteiger partial charge in [-0.15, -0.1) is 0 Å². The van der Waals surface area contributed by atoms with Gasteiger partial charge in [0.2, 0.25) is 0 Å². The number of benzene rings is 1. The van der Waals surface area contributed by atoms with E-state index < -0.39 is 0 Å². The molecule has 1 atom stereocenters. The number of carbonyl (C=O) groups is 1. The maximum atomic E-state index is 11.8. The predicted octanol–water partition coefficient (Wildman–Crippen LogP) is 2.15. The predicted molar refractivity (Wildman–Crippen MR) is 64.8 cm³/mol. The van der Waals surface area contributed by atoms with Crippen LogP contribution in [0.15, 0.2) is 18.2 Å². The molecule has 1 rings (SSSR count). The van der Waals surface area contributed by atoms with Gasteiger partial charge in [-0.25, -0.2) is 0 Å². The summed E-state index contributed by atoms with van der Waals surface area (Å²) in [6.45, 7) is 3.73. The van der Waals surface area contributed by atoms with Gasteiger partial charge < -0.3 is 10.4 Å². The molecule has 0 aliphatic heterocycles. The molecule has 0 spiro atoms. The maximum Gasteiger partial charge on any atom is 0.251 e. The van der Waals surface area contributed by atoms with Gasteiger partial charge in [0, 0.05) is 10.6 Å². The molecule has 16 heavy (non-hydrogen) atoms. The second kappa shape index (κ2) is 5.87. The molecule has 1 unspecified atom stereocenters. The number of hydrogen-bond acceptors (Lipinski definition) is 2. The fourth-order valence-corrected chi connectivity index (χ4v) is 1.46. The van der Waals surface area contributed by atoms with Crippen LogP contribution >= 0.6 is 11.6 Å². The molecule has 1 amide bonds. The van der Waals surface area contributed by atoms with E-state index in [-0.39, 0.29) is 18.6 Å². The number of hydrogen-bond donors (Lipinski definition) is 2. The van der Waals surface area contributed by atoms with E-state index in [1.54, 1.807) is 18.2 Å². The van der Waals surface area contributed by atoms with Gasteiger partial charge in [0.05, 0.1) is 12.6 Å². The van der Waals surface area contributed by atoms with E-state index in [9.17, 15) is 4.79 Å². The Labute approximate surface area is 100 Å². The maximum absolute atomic E-state index is 11.8. The van der Waals surface area contributed by atoms with Gasteiger partial charge in [-0.05, 0) is 31.0 Å². The van der Waals surface area contributed by atoms with Crippen molar-refractivity contribution >= 4 is 17.5 Å². The highest BCUT2D eigenvalue weighted by molar-refractivity contribution is 6.31. The van der Waals surface area contributed by atoms with Crippen molar-refractivity contribution in [2.75, 3.05) is 6.61 Å². The quantitative estimate of drug-likeness (QED) is 0.849. The summed E-state index contributed by atoms with van der Waals surface area (Å²) in [7, 11) is 0. The molecule has 0 saturated heterocycles. The van der Waals surface area contributed by atoms with Crippen molar-refractivity contribution in [1.82, 2.24) is 5.32 Å². The summed E-state index contributed by atoms with van der Waals surface area (Å²) in [4.78, 5) is 11.8. The van der Waals surface area contributed by atoms with Crippen molar-refractivity contribution in [3.8, 4) is 0 Å². The monoisotopic (exact) mass is 241 g/mol. The van der Waals surface area contributed by atoms with Crippen LogP contribution in [0.5, 0.6) is 0 Å². The summed E-state index contributed by atoms with van der Waals surface area (Å²) in [5, 5.41) is 12.3. The topological polar surface area (TPSA) is 49.3 Å². The number of nitrogens with one attached hydrogen (secondary N) is 1. The number of amides is 1. The van der Waals surface area contributed by atoms with Crippen molar-refractivity contribution in [2.45, 2.75) is 26.3 Å². The zero-order valence-corrected chi connectivity index (χ0v) is 10.2. The third-order valence-corrected chi connectivity index (χ3v) is 2.89. The number of aliphatic hydroxyl groups is 1. The van der Waals surface area contributed by atoms with Crippen molar-refractivity contribution in [3.63, 3.8) is 0 Å². The van der Waals surface area contributed by atoms with Crippen LogP contribution in [0.4, 0.5) is 0 Å². The van der Waals surface area contributed by atoms with Gasteiger partial charge in [0.15, 0.2) is 0 Å². The van der Waals surface area contributed by atoms with Crippen LogP contribution < -0.4 is 5.32 Å². The second-order valence-corrected chi connectivity index (χ2v) is 4.13. The van der Waals surface area contributed by atoms with Gasteiger partial charge in [0.1, 0.15) is 0 Å². The second-order valence-electron chi connectivity index (χ2n) is 3.73. The van der Waals surface area contributed by atoms with E-state index in [1.165, 1.54) is 0 Å². The van der Waals surface area contributed by atoms with Gasteiger partial charge in [-0.3, -0.25) is 4.79 Å². The highest BCUT2D eigenvalue weighted by Gasteiger charge is 2.11. The van der Waals surface area contributed by atoms with Gasteiger partial charge in [-0.1, -0.05) is 24.6 Å². The molecular weight excluding hydrogens is 226 g/mol. The Morgan fingerprint density at radius 3 is 2.75 bits per heavy atom. The van der Waals surface area contributed by atoms with E-state index in [4.69, 9.17) is 16.7 Å². The number of halogens is 1. The van der Waals surface area contributed by atoms with Crippen molar-refractivity contribution in [2.24, 2.45) is 0 Å². The largest absolute Gasteiger partial charge is 0.394 e. The first-order valence-corrected chi connectivity index (χ1v) is 5.64. The Morgan fingerprint density at radius 2 is 2.25 bits per heavy atom. The number of carbonyl (C=O) groups excluding carboxylic acids is 1. The summed E-state index contributed by atoms with van der Waals surface area (Å²) in [5.41, 5.74) is 1.45. The number of aliphatic hydroxyl groups excluding tert-OH is 1. The first kappa shape index (κ1) is 13.0. The fourth-order valence-electron chi connectivity index (χ4n) is 1.28. The molecule has 0 aliphatic rings. The van der Waals surface area contributed by atoms with E-state index in [1.807, 2.05) is 13.8 Å². The standard InChI is InChI=1S/C12H16ClNO2/c1-3-10(7-15)14-12(16)9-5-4-8(2)11(13)6-9/h4-6,10,15H,3,7H2,1-2H3,(H,14,16). The molecule has 0 aliphatic carbocycles. The number of aryl methyl sites for hydroxylation is 1. The third kappa shape index (κ3) is 3.22. The Bertz CT molecular complexity index is 375. The minimum Gasteiger partial charge on any atom is -0.394 e. The van der Waals surface area contributed by atoms with Gasteiger partial charge >= 0.3 is 0 Å². The van der Waals surface area contributed by atoms with E-state index in [0.717, 1.165) is 5.56 Å². The summed E-state index contributed by atoms with van der Waals surface area (Å²) in [6, 6.07) is 4.96. The molecule has 0 saturated carbocycles. The average Bonchev–Trinajstić information content (AvgIpc) is 2.29. The van der Waals surface area contributed by atoms with Crippen LogP contribution in [0.3, 0.4) is 0 Å². The van der Waals surface area contributed by atoms with E-state index in [0.29, 0.717) is 17.0 Å². The lowest BCUT2D eigenvalue weighted by molar-refractivity contribution is 0.0915. The summed E-state index contributed by atoms with van der Waals surface area (Å²) >= 11 is 5.93. The third-order valence-electron chi connectivity index (χ3n) is 2.48. The normalized spacial score (nSPS) is 12.2. The van der Waals surface area contributed by atoms with Crippen molar-refractivity contribution in [3.05, 3.63) is 34.3 Å². The summed E-state index contributed by atoms with van der Waals surface area (Å²) < 4.78 is 0. The molecule has 0 fully saturated rings. The highest BCUT2D eigenvalue weighted by Crippen LogP contribution is 2.16. The molecule has 88 valence electrons. The Morgan fingerprint density at radius 1 is 1.56 bits per heavy atom. The van der Waals surface area contributed by atoms with E-state index in [2.05, 4.69) is 5.32 Å². The van der Waals surface area contributed by atoms with Crippen LogP contribution in [0.1, 0.15) is 29.3 Å². The summed E-state index contributed by atoms with van der Waals surface area (Å²) in [6.07, 6.45) is 0.696. The molecular formula is C12H16ClNO2. The van der Waals surface area contributed by atoms with Crippen LogP contribution in [-0.4, -0.2) is 23.7 Å². The van der Waals surface area contributed by atoms with Crippen LogP contribution in [-0.2, 0) is 0 Å². The smallest absolute Gasteiger partial charge is 0.251 e. The minimum absolute atomic E-state index is 0.0537. The average molecular weight is 242 g/mol. The zero-order valence-electron chi connectivity index (χ0n) is 9.46. The lowest BCUT2D eigenvalue weighted by Crippen LogP contribution is -2.36. The molecule has 1 aromatic carbocycles. The SMILES string of the molecule is CCC(CO)NC(=O)c1ccc(C)c(Cl)c1. The van der Waals surface area contributed by atoms with Crippen LogP contribution in [0.2, 0.25) is 5.02 Å². The Balaban J connectivity index is 2.76. The minimum atomic E-state index is -0.206. The molecule has 3 nitrogen and oxygen atoms in total. The summed E-state index contributed by atoms with van der Waals surface area (Å²) in [5.74, 6) is -0.206. The highest BCUT2D eigenvalue weighted by atomic mass is 35.5. The lowest BCUT2D eigenvalue weighted by atomic mass is 10.1. The molecule has 4 heteroatoms.